The Morgan fingerprint density at radius 3 is 2.06 bits per heavy atom. The second-order valence-corrected chi connectivity index (χ2v) is 3.81. The van der Waals surface area contributed by atoms with Gasteiger partial charge in [-0.05, 0) is 24.1 Å². The van der Waals surface area contributed by atoms with E-state index in [2.05, 4.69) is 10.6 Å². The summed E-state index contributed by atoms with van der Waals surface area (Å²) in [7, 11) is 0. The predicted octanol–water partition coefficient (Wildman–Crippen LogP) is -0.207. The Kier molecular flexibility index (Phi) is 2.78. The summed E-state index contributed by atoms with van der Waals surface area (Å²) in [5.41, 5.74) is 6.95. The Morgan fingerprint density at radius 1 is 1.00 bits per heavy atom. The first kappa shape index (κ1) is 11.1. The van der Waals surface area contributed by atoms with Gasteiger partial charge in [0.15, 0.2) is 0 Å². The van der Waals surface area contributed by atoms with Crippen molar-refractivity contribution in [3.05, 3.63) is 29.8 Å². The van der Waals surface area contributed by atoms with Crippen molar-refractivity contribution in [1.82, 2.24) is 10.6 Å². The molecule has 1 saturated heterocycles. The van der Waals surface area contributed by atoms with Crippen LogP contribution in [-0.2, 0) is 16.0 Å². The van der Waals surface area contributed by atoms with E-state index in [-0.39, 0.29) is 6.42 Å². The van der Waals surface area contributed by atoms with Crippen molar-refractivity contribution in [2.45, 2.75) is 6.42 Å². The maximum Gasteiger partial charge on any atom is 0.328 e. The van der Waals surface area contributed by atoms with Crippen molar-refractivity contribution < 1.29 is 14.4 Å². The van der Waals surface area contributed by atoms with E-state index in [4.69, 9.17) is 5.73 Å². The van der Waals surface area contributed by atoms with Crippen molar-refractivity contribution in [1.29, 1.82) is 0 Å². The number of urea groups is 1. The van der Waals surface area contributed by atoms with Crippen LogP contribution in [0.25, 0.3) is 0 Å². The van der Waals surface area contributed by atoms with Gasteiger partial charge in [0.1, 0.15) is 5.92 Å². The Morgan fingerprint density at radius 2 is 1.53 bits per heavy atom. The molecule has 0 aromatic heterocycles. The third kappa shape index (κ3) is 2.41. The lowest BCUT2D eigenvalue weighted by molar-refractivity contribution is -0.135. The number of imide groups is 2. The molecule has 1 aromatic rings. The quantitative estimate of drug-likeness (QED) is 0.486. The van der Waals surface area contributed by atoms with Gasteiger partial charge in [0.25, 0.3) is 0 Å². The first-order chi connectivity index (χ1) is 8.06. The van der Waals surface area contributed by atoms with Gasteiger partial charge in [-0.2, -0.15) is 0 Å². The van der Waals surface area contributed by atoms with Gasteiger partial charge >= 0.3 is 6.03 Å². The van der Waals surface area contributed by atoms with E-state index < -0.39 is 23.8 Å². The highest BCUT2D eigenvalue weighted by Crippen LogP contribution is 2.13. The second kappa shape index (κ2) is 4.25. The Bertz CT molecular complexity index is 461. The molecule has 0 spiro atoms. The predicted molar refractivity (Wildman–Crippen MR) is 59.7 cm³/mol. The highest BCUT2D eigenvalue weighted by Gasteiger charge is 2.33. The fraction of sp³-hybridized carbons (Fsp3) is 0.182. The smallest absolute Gasteiger partial charge is 0.328 e. The lowest BCUT2D eigenvalue weighted by Crippen LogP contribution is -2.56. The Hall–Kier alpha value is -2.37. The third-order valence-electron chi connectivity index (χ3n) is 2.53. The molecule has 0 saturated carbocycles. The van der Waals surface area contributed by atoms with Gasteiger partial charge in [-0.3, -0.25) is 20.2 Å². The number of nitrogen functional groups attached to an aromatic ring is 1. The lowest BCUT2D eigenvalue weighted by Gasteiger charge is -2.20. The van der Waals surface area contributed by atoms with Gasteiger partial charge in [0, 0.05) is 5.69 Å². The summed E-state index contributed by atoms with van der Waals surface area (Å²) in [6.45, 7) is 0. The number of barbiturate groups is 1. The van der Waals surface area contributed by atoms with Crippen LogP contribution in [0.4, 0.5) is 10.5 Å². The molecule has 6 nitrogen and oxygen atoms in total. The van der Waals surface area contributed by atoms with Crippen LogP contribution < -0.4 is 16.4 Å². The molecule has 0 radical (unpaired) electrons. The summed E-state index contributed by atoms with van der Waals surface area (Å²) in [5.74, 6) is -2.03. The summed E-state index contributed by atoms with van der Waals surface area (Å²) in [6.07, 6.45) is 0.241. The van der Waals surface area contributed by atoms with E-state index in [0.717, 1.165) is 5.56 Å². The van der Waals surface area contributed by atoms with E-state index in [9.17, 15) is 14.4 Å². The molecule has 17 heavy (non-hydrogen) atoms. The monoisotopic (exact) mass is 233 g/mol. The molecule has 1 aliphatic rings. The van der Waals surface area contributed by atoms with Crippen LogP contribution in [0.5, 0.6) is 0 Å². The molecule has 1 fully saturated rings. The van der Waals surface area contributed by atoms with Gasteiger partial charge < -0.3 is 5.73 Å². The molecular weight excluding hydrogens is 222 g/mol. The molecule has 0 unspecified atom stereocenters. The lowest BCUT2D eigenvalue weighted by atomic mass is 9.96. The number of amides is 4. The van der Waals surface area contributed by atoms with Crippen molar-refractivity contribution >= 4 is 23.5 Å². The molecule has 1 aromatic carbocycles. The third-order valence-corrected chi connectivity index (χ3v) is 2.53. The standard InChI is InChI=1S/C11H11N3O3/c12-7-3-1-6(2-4-7)5-8-9(15)13-11(17)14-10(8)16/h1-4,8H,5,12H2,(H2,13,14,15,16,17). The zero-order valence-electron chi connectivity index (χ0n) is 8.90. The number of hydrogen-bond acceptors (Lipinski definition) is 4. The van der Waals surface area contributed by atoms with E-state index in [0.29, 0.717) is 5.69 Å². The van der Waals surface area contributed by atoms with Crippen LogP contribution >= 0.6 is 0 Å². The SMILES string of the molecule is Nc1ccc(CC2C(=O)NC(=O)NC2=O)cc1. The van der Waals surface area contributed by atoms with Crippen LogP contribution in [0.1, 0.15) is 5.56 Å². The fourth-order valence-corrected chi connectivity index (χ4v) is 1.62. The molecule has 88 valence electrons. The summed E-state index contributed by atoms with van der Waals surface area (Å²) >= 11 is 0. The van der Waals surface area contributed by atoms with E-state index in [1.54, 1.807) is 24.3 Å². The zero-order valence-corrected chi connectivity index (χ0v) is 8.90. The first-order valence-electron chi connectivity index (χ1n) is 5.06. The number of hydrogen-bond donors (Lipinski definition) is 3. The number of nitrogens with two attached hydrogens (primary N) is 1. The minimum atomic E-state index is -0.878. The summed E-state index contributed by atoms with van der Waals surface area (Å²) in [4.78, 5) is 33.8. The van der Waals surface area contributed by atoms with Gasteiger partial charge in [-0.25, -0.2) is 4.79 Å². The number of benzene rings is 1. The highest BCUT2D eigenvalue weighted by atomic mass is 16.2. The molecular formula is C11H11N3O3. The average molecular weight is 233 g/mol. The van der Waals surface area contributed by atoms with Gasteiger partial charge in [0.05, 0.1) is 0 Å². The van der Waals surface area contributed by atoms with Crippen LogP contribution in [-0.4, -0.2) is 17.8 Å². The largest absolute Gasteiger partial charge is 0.399 e. The van der Waals surface area contributed by atoms with Crippen LogP contribution in [0.2, 0.25) is 0 Å². The average Bonchev–Trinajstić information content (AvgIpc) is 2.26. The van der Waals surface area contributed by atoms with Crippen LogP contribution in [0.15, 0.2) is 24.3 Å². The fourth-order valence-electron chi connectivity index (χ4n) is 1.62. The van der Waals surface area contributed by atoms with E-state index >= 15 is 0 Å². The molecule has 2 rings (SSSR count). The Labute approximate surface area is 97.2 Å². The van der Waals surface area contributed by atoms with E-state index in [1.807, 2.05) is 0 Å². The van der Waals surface area contributed by atoms with Crippen molar-refractivity contribution in [2.24, 2.45) is 5.92 Å². The second-order valence-electron chi connectivity index (χ2n) is 3.81. The van der Waals surface area contributed by atoms with Gasteiger partial charge in [0.2, 0.25) is 11.8 Å². The number of rotatable bonds is 2. The molecule has 6 heteroatoms. The van der Waals surface area contributed by atoms with Crippen LogP contribution in [0, 0.1) is 5.92 Å². The van der Waals surface area contributed by atoms with Crippen molar-refractivity contribution in [3.8, 4) is 0 Å². The number of carbonyl (C=O) groups excluding carboxylic acids is 3. The van der Waals surface area contributed by atoms with Gasteiger partial charge in [-0.15, -0.1) is 0 Å². The molecule has 0 bridgehead atoms. The van der Waals surface area contributed by atoms with E-state index in [1.165, 1.54) is 0 Å². The zero-order chi connectivity index (χ0) is 12.4. The summed E-state index contributed by atoms with van der Waals surface area (Å²) < 4.78 is 0. The highest BCUT2D eigenvalue weighted by molar-refractivity contribution is 6.16. The molecule has 0 aliphatic carbocycles. The summed E-state index contributed by atoms with van der Waals surface area (Å²) in [5, 5.41) is 4.11. The van der Waals surface area contributed by atoms with Gasteiger partial charge in [-0.1, -0.05) is 12.1 Å². The van der Waals surface area contributed by atoms with Crippen molar-refractivity contribution in [3.63, 3.8) is 0 Å². The summed E-state index contributed by atoms with van der Waals surface area (Å²) in [6, 6.07) is 6.10. The topological polar surface area (TPSA) is 101 Å². The number of nitrogens with one attached hydrogen (secondary N) is 2. The number of anilines is 1. The maximum absolute atomic E-state index is 11.5. The van der Waals surface area contributed by atoms with Crippen molar-refractivity contribution in [2.75, 3.05) is 5.73 Å². The maximum atomic E-state index is 11.5. The normalized spacial score (nSPS) is 16.6. The van der Waals surface area contributed by atoms with Crippen LogP contribution in [0.3, 0.4) is 0 Å². The minimum Gasteiger partial charge on any atom is -0.399 e. The Balaban J connectivity index is 2.12. The molecule has 0 atom stereocenters. The molecule has 1 heterocycles. The molecule has 4 N–H and O–H groups in total. The minimum absolute atomic E-state index is 0.241. The molecule has 4 amide bonds. The number of carbonyl (C=O) groups is 3. The first-order valence-corrected chi connectivity index (χ1v) is 5.06. The molecule has 1 aliphatic heterocycles.